The van der Waals surface area contributed by atoms with Crippen LogP contribution < -0.4 is 8.92 Å². The van der Waals surface area contributed by atoms with Gasteiger partial charge in [-0.25, -0.2) is 0 Å². The number of ether oxygens (including phenoxy) is 6. The highest BCUT2D eigenvalue weighted by Gasteiger charge is 2.51. The summed E-state index contributed by atoms with van der Waals surface area (Å²) < 4.78 is 115. The van der Waals surface area contributed by atoms with E-state index < -0.39 is 51.9 Å². The first-order chi connectivity index (χ1) is 34.1. The lowest BCUT2D eigenvalue weighted by Gasteiger charge is -2.46. The van der Waals surface area contributed by atoms with Crippen LogP contribution >= 0.6 is 0 Å². The number of alkyl halides is 3. The van der Waals surface area contributed by atoms with Gasteiger partial charge >= 0.3 is 15.6 Å². The molecule has 0 bridgehead atoms. The van der Waals surface area contributed by atoms with E-state index in [0.717, 1.165) is 51.8 Å². The molecule has 9 rings (SSSR count). The van der Waals surface area contributed by atoms with E-state index in [9.17, 15) is 21.6 Å². The minimum absolute atomic E-state index is 0.0184. The minimum Gasteiger partial charge on any atom is -0.488 e. The van der Waals surface area contributed by atoms with Crippen molar-refractivity contribution in [2.75, 3.05) is 6.61 Å². The number of benzene rings is 7. The second kappa shape index (κ2) is 22.6. The van der Waals surface area contributed by atoms with E-state index in [2.05, 4.69) is 0 Å². The molecular formula is C57H53F3O9S. The molecule has 0 saturated carbocycles. The zero-order chi connectivity index (χ0) is 48.3. The molecule has 0 amide bonds. The Morgan fingerprint density at radius 2 is 0.986 bits per heavy atom. The van der Waals surface area contributed by atoms with Crippen molar-refractivity contribution in [1.82, 2.24) is 0 Å². The van der Waals surface area contributed by atoms with Crippen LogP contribution in [0.3, 0.4) is 0 Å². The smallest absolute Gasteiger partial charge is 0.488 e. The van der Waals surface area contributed by atoms with Gasteiger partial charge in [0.15, 0.2) is 0 Å². The van der Waals surface area contributed by atoms with E-state index in [0.29, 0.717) is 5.56 Å². The molecule has 2 aliphatic rings. The molecule has 1 aliphatic carbocycles. The zero-order valence-electron chi connectivity index (χ0n) is 38.3. The van der Waals surface area contributed by atoms with Crippen LogP contribution in [-0.2, 0) is 86.1 Å². The molecule has 362 valence electrons. The number of hydrogen-bond acceptors (Lipinski definition) is 9. The third-order valence-corrected chi connectivity index (χ3v) is 13.4. The molecule has 0 aromatic heterocycles. The Morgan fingerprint density at radius 3 is 1.49 bits per heavy atom. The van der Waals surface area contributed by atoms with E-state index in [4.69, 9.17) is 32.6 Å². The number of fused-ring (bicyclic) bond motifs is 1. The quantitative estimate of drug-likeness (QED) is 0.0515. The van der Waals surface area contributed by atoms with Gasteiger partial charge in [-0.05, 0) is 63.4 Å². The van der Waals surface area contributed by atoms with Gasteiger partial charge in [-0.2, -0.15) is 21.6 Å². The molecule has 1 fully saturated rings. The molecular weight excluding hydrogens is 918 g/mol. The lowest BCUT2D eigenvalue weighted by molar-refractivity contribution is -0.275. The summed E-state index contributed by atoms with van der Waals surface area (Å²) in [6, 6.07) is 56.7. The van der Waals surface area contributed by atoms with Gasteiger partial charge in [0.05, 0.1) is 33.0 Å². The number of hydrogen-bond donors (Lipinski definition) is 0. The Balaban J connectivity index is 1.20. The Labute approximate surface area is 406 Å². The van der Waals surface area contributed by atoms with Crippen LogP contribution in [0.2, 0.25) is 0 Å². The average Bonchev–Trinajstić information content (AvgIpc) is 3.36. The molecule has 0 unspecified atom stereocenters. The Bertz CT molecular complexity index is 2870. The van der Waals surface area contributed by atoms with Crippen molar-refractivity contribution >= 4 is 10.1 Å². The van der Waals surface area contributed by atoms with Gasteiger partial charge in [0.2, 0.25) is 0 Å². The molecule has 1 saturated heterocycles. The summed E-state index contributed by atoms with van der Waals surface area (Å²) in [5.74, 6) is -0.516. The molecule has 9 nitrogen and oxygen atoms in total. The highest BCUT2D eigenvalue weighted by atomic mass is 32.2. The molecule has 0 spiro atoms. The fraction of sp³-hybridized carbons (Fsp3) is 0.263. The van der Waals surface area contributed by atoms with Crippen molar-refractivity contribution in [2.24, 2.45) is 0 Å². The second-order valence-electron chi connectivity index (χ2n) is 17.4. The van der Waals surface area contributed by atoms with Crippen molar-refractivity contribution in [3.63, 3.8) is 0 Å². The molecule has 5 atom stereocenters. The fourth-order valence-electron chi connectivity index (χ4n) is 8.71. The summed E-state index contributed by atoms with van der Waals surface area (Å²) in [6.07, 6.45) is -2.73. The lowest BCUT2D eigenvalue weighted by Crippen LogP contribution is -2.58. The van der Waals surface area contributed by atoms with Crippen molar-refractivity contribution in [3.05, 3.63) is 238 Å². The molecule has 0 radical (unpaired) electrons. The number of rotatable bonds is 21. The molecule has 7 aromatic carbocycles. The number of aryl methyl sites for hydroxylation is 2. The maximum absolute atomic E-state index is 14.2. The molecule has 70 heavy (non-hydrogen) atoms. The van der Waals surface area contributed by atoms with Crippen molar-refractivity contribution in [3.8, 4) is 11.5 Å². The van der Waals surface area contributed by atoms with Crippen LogP contribution in [0, 0.1) is 0 Å². The minimum atomic E-state index is -6.13. The lowest BCUT2D eigenvalue weighted by atomic mass is 9.85. The third kappa shape index (κ3) is 12.3. The van der Waals surface area contributed by atoms with Crippen LogP contribution in [0.15, 0.2) is 182 Å². The van der Waals surface area contributed by atoms with Crippen LogP contribution in [0.1, 0.15) is 61.7 Å². The first-order valence-corrected chi connectivity index (χ1v) is 24.7. The normalized spacial score (nSPS) is 18.9. The Kier molecular flexibility index (Phi) is 15.7. The van der Waals surface area contributed by atoms with E-state index in [1.165, 1.54) is 11.6 Å². The maximum Gasteiger partial charge on any atom is 0.534 e. The zero-order valence-corrected chi connectivity index (χ0v) is 39.1. The van der Waals surface area contributed by atoms with Crippen molar-refractivity contribution < 1.29 is 54.2 Å². The van der Waals surface area contributed by atoms with Crippen molar-refractivity contribution in [1.29, 1.82) is 0 Å². The second-order valence-corrected chi connectivity index (χ2v) is 19.0. The summed E-state index contributed by atoms with van der Waals surface area (Å²) in [5, 5.41) is 0. The fourth-order valence-corrected chi connectivity index (χ4v) is 9.19. The predicted molar refractivity (Wildman–Crippen MR) is 258 cm³/mol. The predicted octanol–water partition coefficient (Wildman–Crippen LogP) is 11.6. The average molecular weight is 971 g/mol. The van der Waals surface area contributed by atoms with Gasteiger partial charge in [0.25, 0.3) is 0 Å². The van der Waals surface area contributed by atoms with Crippen LogP contribution in [0.4, 0.5) is 13.2 Å². The van der Waals surface area contributed by atoms with Gasteiger partial charge in [0, 0.05) is 23.6 Å². The molecule has 1 heterocycles. The van der Waals surface area contributed by atoms with E-state index in [-0.39, 0.29) is 57.4 Å². The van der Waals surface area contributed by atoms with E-state index >= 15 is 0 Å². The highest BCUT2D eigenvalue weighted by Crippen LogP contribution is 2.45. The van der Waals surface area contributed by atoms with Gasteiger partial charge in [-0.1, -0.05) is 170 Å². The van der Waals surface area contributed by atoms with E-state index in [1.54, 1.807) is 6.07 Å². The molecule has 0 N–H and O–H groups in total. The maximum atomic E-state index is 14.2. The van der Waals surface area contributed by atoms with Crippen LogP contribution in [0.25, 0.3) is 0 Å². The number of halogens is 3. The van der Waals surface area contributed by atoms with Gasteiger partial charge in [-0.3, -0.25) is 0 Å². The van der Waals surface area contributed by atoms with Crippen LogP contribution in [-0.4, -0.2) is 44.9 Å². The van der Waals surface area contributed by atoms with E-state index in [1.807, 2.05) is 170 Å². The SMILES string of the molecule is O=S(=O)(Oc1cc(OCc2ccccc2)c([C@@H]2O[C@H](COCc3ccccc3)[C@@H](OCc3ccccc3)[C@H](OCc3ccccc3)[C@H]2OCc2ccccc2)cc1Cc1ccc2c(c1)CC2)C(F)(F)F. The summed E-state index contributed by atoms with van der Waals surface area (Å²) in [4.78, 5) is 0. The topological polar surface area (TPSA) is 98.8 Å². The van der Waals surface area contributed by atoms with Gasteiger partial charge < -0.3 is 32.6 Å². The monoisotopic (exact) mass is 970 g/mol. The van der Waals surface area contributed by atoms with Gasteiger partial charge in [-0.15, -0.1) is 0 Å². The molecule has 7 aromatic rings. The Morgan fingerprint density at radius 1 is 0.500 bits per heavy atom. The molecule has 1 aliphatic heterocycles. The molecule has 13 heteroatoms. The van der Waals surface area contributed by atoms with Crippen molar-refractivity contribution in [2.45, 2.75) is 88.3 Å². The van der Waals surface area contributed by atoms with Gasteiger partial charge in [0.1, 0.15) is 48.6 Å². The summed E-state index contributed by atoms with van der Waals surface area (Å²) >= 11 is 0. The first kappa shape index (κ1) is 48.7. The summed E-state index contributed by atoms with van der Waals surface area (Å²) in [6.45, 7) is 0.734. The standard InChI is InChI=1S/C57H53F3O9S/c58-57(59,60)70(61,62)69-50-33-51(64-35-41-18-8-2-9-19-41)49(32-48(50)31-45-26-27-46-28-29-47(46)30-45)53-55(66-37-43-22-12-4-13-23-43)56(67-38-44-24-14-5-15-25-44)54(65-36-42-20-10-3-11-21-42)52(68-53)39-63-34-40-16-6-1-7-17-40/h1-27,30,32-33,52-56H,28-29,31,34-39H2/t52-,53+,54-,55+,56+/m1/s1. The highest BCUT2D eigenvalue weighted by molar-refractivity contribution is 7.88. The first-order valence-electron chi connectivity index (χ1n) is 23.2. The van der Waals surface area contributed by atoms with Crippen LogP contribution in [0.5, 0.6) is 11.5 Å². The third-order valence-electron chi connectivity index (χ3n) is 12.4. The Hall–Kier alpha value is -6.32. The summed E-state index contributed by atoms with van der Waals surface area (Å²) in [5.41, 5.74) is 2.23. The summed E-state index contributed by atoms with van der Waals surface area (Å²) in [7, 11) is -6.13. The largest absolute Gasteiger partial charge is 0.534 e.